The van der Waals surface area contributed by atoms with Crippen molar-refractivity contribution in [2.24, 2.45) is 0 Å². The van der Waals surface area contributed by atoms with E-state index in [9.17, 15) is 9.59 Å². The third-order valence-corrected chi connectivity index (χ3v) is 6.62. The number of hydrogen-bond acceptors (Lipinski definition) is 3. The van der Waals surface area contributed by atoms with Crippen molar-refractivity contribution in [3.63, 3.8) is 0 Å². The maximum absolute atomic E-state index is 13.4. The zero-order valence-corrected chi connectivity index (χ0v) is 18.9. The molecule has 0 spiro atoms. The molecule has 0 bridgehead atoms. The first-order chi connectivity index (χ1) is 15.0. The van der Waals surface area contributed by atoms with Crippen molar-refractivity contribution in [3.8, 4) is 0 Å². The van der Waals surface area contributed by atoms with Gasteiger partial charge in [0, 0.05) is 10.8 Å². The molecule has 1 heterocycles. The molecule has 1 aliphatic rings. The minimum absolute atomic E-state index is 0.284. The van der Waals surface area contributed by atoms with E-state index in [-0.39, 0.29) is 11.8 Å². The van der Waals surface area contributed by atoms with E-state index in [4.69, 9.17) is 11.6 Å². The third kappa shape index (κ3) is 4.46. The first-order valence-electron chi connectivity index (χ1n) is 10.1. The van der Waals surface area contributed by atoms with Gasteiger partial charge in [-0.15, -0.1) is 11.8 Å². The first kappa shape index (κ1) is 21.4. The zero-order valence-electron chi connectivity index (χ0n) is 17.3. The van der Waals surface area contributed by atoms with E-state index in [0.29, 0.717) is 38.4 Å². The standard InChI is InChI=1S/C26H22ClNO2S/c1-17(2)19-10-14-22(15-11-19)28-25(29)23(20-8-12-21(27)13-9-20)24(26(28)30)31-16-18-6-4-3-5-7-18/h3-15,17H,16H2,1-2H3. The largest absolute Gasteiger partial charge is 0.272 e. The highest BCUT2D eigenvalue weighted by molar-refractivity contribution is 8.03. The van der Waals surface area contributed by atoms with Gasteiger partial charge in [0.25, 0.3) is 11.8 Å². The molecule has 0 atom stereocenters. The summed E-state index contributed by atoms with van der Waals surface area (Å²) in [4.78, 5) is 28.6. The molecule has 0 N–H and O–H groups in total. The monoisotopic (exact) mass is 447 g/mol. The van der Waals surface area contributed by atoms with E-state index >= 15 is 0 Å². The summed E-state index contributed by atoms with van der Waals surface area (Å²) in [7, 11) is 0. The van der Waals surface area contributed by atoms with Gasteiger partial charge in [-0.25, -0.2) is 4.90 Å². The van der Waals surface area contributed by atoms with Crippen molar-refractivity contribution < 1.29 is 9.59 Å². The Labute approximate surface area is 191 Å². The van der Waals surface area contributed by atoms with Crippen LogP contribution < -0.4 is 4.90 Å². The number of carbonyl (C=O) groups excluding carboxylic acids is 2. The fraction of sp³-hybridized carbons (Fsp3) is 0.154. The van der Waals surface area contributed by atoms with E-state index < -0.39 is 0 Å². The number of thioether (sulfide) groups is 1. The lowest BCUT2D eigenvalue weighted by atomic mass is 10.0. The maximum atomic E-state index is 13.4. The van der Waals surface area contributed by atoms with Gasteiger partial charge in [0.15, 0.2) is 0 Å². The Balaban J connectivity index is 1.71. The van der Waals surface area contributed by atoms with Gasteiger partial charge in [0.2, 0.25) is 0 Å². The van der Waals surface area contributed by atoms with Crippen molar-refractivity contribution in [1.29, 1.82) is 0 Å². The molecule has 0 unspecified atom stereocenters. The number of benzene rings is 3. The molecule has 3 nitrogen and oxygen atoms in total. The van der Waals surface area contributed by atoms with E-state index in [0.717, 1.165) is 11.1 Å². The molecule has 3 aromatic carbocycles. The molecule has 0 fully saturated rings. The Morgan fingerprint density at radius 1 is 0.839 bits per heavy atom. The van der Waals surface area contributed by atoms with Gasteiger partial charge in [-0.2, -0.15) is 0 Å². The molecule has 0 aliphatic carbocycles. The van der Waals surface area contributed by atoms with E-state index in [1.54, 1.807) is 24.3 Å². The number of amides is 2. The average Bonchev–Trinajstić information content (AvgIpc) is 3.03. The SMILES string of the molecule is CC(C)c1ccc(N2C(=O)C(SCc3ccccc3)=C(c3ccc(Cl)cc3)C2=O)cc1. The predicted molar refractivity (Wildman–Crippen MR) is 129 cm³/mol. The Kier molecular flexibility index (Phi) is 6.30. The van der Waals surface area contributed by atoms with Crippen LogP contribution in [-0.4, -0.2) is 11.8 Å². The second kappa shape index (κ2) is 9.13. The van der Waals surface area contributed by atoms with E-state index in [2.05, 4.69) is 13.8 Å². The number of halogens is 1. The lowest BCUT2D eigenvalue weighted by Gasteiger charge is -2.16. The van der Waals surface area contributed by atoms with Gasteiger partial charge in [-0.05, 0) is 46.9 Å². The normalized spacial score (nSPS) is 14.1. The van der Waals surface area contributed by atoms with Gasteiger partial charge < -0.3 is 0 Å². The third-order valence-electron chi connectivity index (χ3n) is 5.22. The van der Waals surface area contributed by atoms with Gasteiger partial charge in [-0.1, -0.05) is 80.0 Å². The molecule has 2 amide bonds. The van der Waals surface area contributed by atoms with Crippen LogP contribution >= 0.6 is 23.4 Å². The molecule has 5 heteroatoms. The smallest absolute Gasteiger partial charge is 0.268 e. The molecule has 1 aliphatic heterocycles. The van der Waals surface area contributed by atoms with Crippen LogP contribution in [0.15, 0.2) is 83.8 Å². The summed E-state index contributed by atoms with van der Waals surface area (Å²) in [6.07, 6.45) is 0. The summed E-state index contributed by atoms with van der Waals surface area (Å²) in [6, 6.07) is 24.6. The number of hydrogen-bond donors (Lipinski definition) is 0. The van der Waals surface area contributed by atoms with Crippen LogP contribution in [-0.2, 0) is 15.3 Å². The van der Waals surface area contributed by atoms with Crippen LogP contribution in [0.3, 0.4) is 0 Å². The fourth-order valence-electron chi connectivity index (χ4n) is 3.49. The minimum atomic E-state index is -0.305. The van der Waals surface area contributed by atoms with Crippen molar-refractivity contribution in [3.05, 3.63) is 105 Å². The van der Waals surface area contributed by atoms with Crippen molar-refractivity contribution in [2.45, 2.75) is 25.5 Å². The number of anilines is 1. The van der Waals surface area contributed by atoms with Crippen molar-refractivity contribution in [1.82, 2.24) is 0 Å². The highest BCUT2D eigenvalue weighted by Gasteiger charge is 2.40. The molecule has 0 aromatic heterocycles. The topological polar surface area (TPSA) is 37.4 Å². The van der Waals surface area contributed by atoms with Crippen LogP contribution in [0, 0.1) is 0 Å². The molecule has 0 saturated carbocycles. The Morgan fingerprint density at radius 3 is 2.10 bits per heavy atom. The van der Waals surface area contributed by atoms with Crippen LogP contribution in [0.1, 0.15) is 36.5 Å². The van der Waals surface area contributed by atoms with E-state index in [1.165, 1.54) is 16.7 Å². The number of carbonyl (C=O) groups is 2. The van der Waals surface area contributed by atoms with Gasteiger partial charge in [0.05, 0.1) is 16.2 Å². The summed E-state index contributed by atoms with van der Waals surface area (Å²) < 4.78 is 0. The lowest BCUT2D eigenvalue weighted by Crippen LogP contribution is -2.31. The molecule has 0 radical (unpaired) electrons. The van der Waals surface area contributed by atoms with Gasteiger partial charge in [0.1, 0.15) is 0 Å². The highest BCUT2D eigenvalue weighted by Crippen LogP contribution is 2.40. The maximum Gasteiger partial charge on any atom is 0.272 e. The first-order valence-corrected chi connectivity index (χ1v) is 11.5. The van der Waals surface area contributed by atoms with Crippen molar-refractivity contribution in [2.75, 3.05) is 4.90 Å². The Bertz CT molecular complexity index is 1140. The molecule has 156 valence electrons. The summed E-state index contributed by atoms with van der Waals surface area (Å²) in [6.45, 7) is 4.22. The van der Waals surface area contributed by atoms with Gasteiger partial charge >= 0.3 is 0 Å². The molecule has 31 heavy (non-hydrogen) atoms. The molecule has 3 aromatic rings. The predicted octanol–water partition coefficient (Wildman–Crippen LogP) is 6.68. The molecular formula is C26H22ClNO2S. The van der Waals surface area contributed by atoms with E-state index in [1.807, 2.05) is 54.6 Å². The number of imide groups is 1. The molecule has 0 saturated heterocycles. The summed E-state index contributed by atoms with van der Waals surface area (Å²) >= 11 is 7.44. The highest BCUT2D eigenvalue weighted by atomic mass is 35.5. The average molecular weight is 448 g/mol. The number of nitrogens with zero attached hydrogens (tertiary/aromatic N) is 1. The Hall–Kier alpha value is -2.82. The number of rotatable bonds is 6. The second-order valence-electron chi connectivity index (χ2n) is 7.68. The van der Waals surface area contributed by atoms with Crippen LogP contribution in [0.25, 0.3) is 5.57 Å². The Morgan fingerprint density at radius 2 is 1.48 bits per heavy atom. The van der Waals surface area contributed by atoms with Gasteiger partial charge in [-0.3, -0.25) is 9.59 Å². The van der Waals surface area contributed by atoms with Crippen LogP contribution in [0.2, 0.25) is 5.02 Å². The zero-order chi connectivity index (χ0) is 22.0. The summed E-state index contributed by atoms with van der Waals surface area (Å²) in [5.74, 6) is 0.388. The van der Waals surface area contributed by atoms with Crippen LogP contribution in [0.5, 0.6) is 0 Å². The van der Waals surface area contributed by atoms with Crippen molar-refractivity contribution >= 4 is 46.4 Å². The molecule has 4 rings (SSSR count). The second-order valence-corrected chi connectivity index (χ2v) is 9.10. The lowest BCUT2D eigenvalue weighted by molar-refractivity contribution is -0.119. The van der Waals surface area contributed by atoms with Crippen LogP contribution in [0.4, 0.5) is 5.69 Å². The fourth-order valence-corrected chi connectivity index (χ4v) is 4.68. The summed E-state index contributed by atoms with van der Waals surface area (Å²) in [5, 5.41) is 0.584. The molecular weight excluding hydrogens is 426 g/mol. The summed E-state index contributed by atoms with van der Waals surface area (Å²) in [5.41, 5.74) is 3.96. The minimum Gasteiger partial charge on any atom is -0.268 e. The quantitative estimate of drug-likeness (QED) is 0.395.